The van der Waals surface area contributed by atoms with Gasteiger partial charge in [0.1, 0.15) is 17.4 Å². The van der Waals surface area contributed by atoms with Gasteiger partial charge in [0.2, 0.25) is 0 Å². The molecule has 1 N–H and O–H groups in total. The average Bonchev–Trinajstić information content (AvgIpc) is 2.44. The number of hydrogen-bond donors (Lipinski definition) is 1. The van der Waals surface area contributed by atoms with E-state index in [1.54, 1.807) is 18.2 Å². The molecule has 0 fully saturated rings. The summed E-state index contributed by atoms with van der Waals surface area (Å²) in [6, 6.07) is 9.58. The molecule has 2 nitrogen and oxygen atoms in total. The van der Waals surface area contributed by atoms with Gasteiger partial charge in [0.25, 0.3) is 0 Å². The minimum absolute atomic E-state index is 0.0239. The molecule has 0 unspecified atom stereocenters. The Kier molecular flexibility index (Phi) is 4.69. The van der Waals surface area contributed by atoms with Gasteiger partial charge in [-0.2, -0.15) is 0 Å². The minimum atomic E-state index is -0.623. The molecule has 2 aromatic rings. The summed E-state index contributed by atoms with van der Waals surface area (Å²) in [5, 5.41) is 3.18. The maximum Gasteiger partial charge on any atom is 0.137 e. The number of nitrogens with one attached hydrogen (secondary N) is 1. The molecule has 0 saturated carbocycles. The van der Waals surface area contributed by atoms with Crippen LogP contribution in [0, 0.1) is 11.6 Å². The van der Waals surface area contributed by atoms with Gasteiger partial charge in [-0.3, -0.25) is 0 Å². The number of methoxy groups -OCH3 is 1. The van der Waals surface area contributed by atoms with E-state index < -0.39 is 11.6 Å². The van der Waals surface area contributed by atoms with Gasteiger partial charge in [0.05, 0.1) is 12.7 Å². The van der Waals surface area contributed by atoms with E-state index in [-0.39, 0.29) is 11.3 Å². The summed E-state index contributed by atoms with van der Waals surface area (Å²) in [6.07, 6.45) is 0. The first kappa shape index (κ1) is 14.5. The van der Waals surface area contributed by atoms with Crippen molar-refractivity contribution >= 4 is 0 Å². The van der Waals surface area contributed by atoms with Crippen LogP contribution in [0.1, 0.15) is 12.5 Å². The van der Waals surface area contributed by atoms with Crippen molar-refractivity contribution in [2.75, 3.05) is 13.7 Å². The normalized spacial score (nSPS) is 10.6. The van der Waals surface area contributed by atoms with Crippen molar-refractivity contribution in [1.29, 1.82) is 0 Å². The lowest BCUT2D eigenvalue weighted by molar-refractivity contribution is 0.407. The number of halogens is 2. The van der Waals surface area contributed by atoms with Gasteiger partial charge in [0, 0.05) is 18.7 Å². The van der Waals surface area contributed by atoms with Crippen LogP contribution in [0.5, 0.6) is 5.75 Å². The monoisotopic (exact) mass is 277 g/mol. The van der Waals surface area contributed by atoms with Crippen LogP contribution in [0.15, 0.2) is 36.4 Å². The maximum atomic E-state index is 14.0. The van der Waals surface area contributed by atoms with Crippen LogP contribution in [0.25, 0.3) is 11.1 Å². The highest BCUT2D eigenvalue weighted by Gasteiger charge is 2.14. The van der Waals surface area contributed by atoms with Crippen LogP contribution >= 0.6 is 0 Å². The van der Waals surface area contributed by atoms with Crippen molar-refractivity contribution in [3.8, 4) is 16.9 Å². The van der Waals surface area contributed by atoms with Crippen molar-refractivity contribution in [3.63, 3.8) is 0 Å². The zero-order chi connectivity index (χ0) is 14.5. The summed E-state index contributed by atoms with van der Waals surface area (Å²) in [5.41, 5.74) is 1.49. The smallest absolute Gasteiger partial charge is 0.137 e. The van der Waals surface area contributed by atoms with E-state index in [0.717, 1.165) is 12.1 Å². The second-order valence-corrected chi connectivity index (χ2v) is 4.45. The minimum Gasteiger partial charge on any atom is -0.497 e. The Balaban J connectivity index is 2.41. The van der Waals surface area contributed by atoms with Crippen molar-refractivity contribution < 1.29 is 13.5 Å². The van der Waals surface area contributed by atoms with Crippen LogP contribution in [0.3, 0.4) is 0 Å². The lowest BCUT2D eigenvalue weighted by atomic mass is 10.0. The predicted octanol–water partition coefficient (Wildman–Crippen LogP) is 3.75. The molecule has 0 bridgehead atoms. The summed E-state index contributed by atoms with van der Waals surface area (Å²) < 4.78 is 32.9. The number of ether oxygens (including phenoxy) is 1. The Morgan fingerprint density at radius 1 is 1.10 bits per heavy atom. The Hall–Kier alpha value is -1.94. The summed E-state index contributed by atoms with van der Waals surface area (Å²) in [4.78, 5) is 0. The standard InChI is InChI=1S/C16H17F2NO/c1-3-19-10-11-5-4-6-12(7-11)16-14(17)8-13(20-2)9-15(16)18/h4-9,19H,3,10H2,1-2H3. The Bertz CT molecular complexity index is 576. The van der Waals surface area contributed by atoms with Crippen molar-refractivity contribution in [3.05, 3.63) is 53.6 Å². The van der Waals surface area contributed by atoms with E-state index >= 15 is 0 Å². The molecule has 2 rings (SSSR count). The van der Waals surface area contributed by atoms with E-state index in [2.05, 4.69) is 5.32 Å². The van der Waals surface area contributed by atoms with Crippen molar-refractivity contribution in [2.45, 2.75) is 13.5 Å². The molecule has 2 aromatic carbocycles. The third kappa shape index (κ3) is 3.14. The lowest BCUT2D eigenvalue weighted by Crippen LogP contribution is -2.11. The van der Waals surface area contributed by atoms with Gasteiger partial charge in [-0.05, 0) is 23.7 Å². The van der Waals surface area contributed by atoms with E-state index in [1.165, 1.54) is 19.2 Å². The molecule has 0 spiro atoms. The highest BCUT2D eigenvalue weighted by atomic mass is 19.1. The average molecular weight is 277 g/mol. The largest absolute Gasteiger partial charge is 0.497 e. The fourth-order valence-electron chi connectivity index (χ4n) is 2.05. The zero-order valence-corrected chi connectivity index (χ0v) is 11.5. The molecule has 20 heavy (non-hydrogen) atoms. The molecule has 0 radical (unpaired) electrons. The first-order chi connectivity index (χ1) is 9.65. The summed E-state index contributed by atoms with van der Waals surface area (Å²) in [5.74, 6) is -1.07. The second kappa shape index (κ2) is 6.48. The lowest BCUT2D eigenvalue weighted by Gasteiger charge is -2.10. The second-order valence-electron chi connectivity index (χ2n) is 4.45. The van der Waals surface area contributed by atoms with Gasteiger partial charge in [0.15, 0.2) is 0 Å². The Morgan fingerprint density at radius 3 is 2.40 bits per heavy atom. The van der Waals surface area contributed by atoms with Gasteiger partial charge in [-0.1, -0.05) is 25.1 Å². The van der Waals surface area contributed by atoms with Crippen molar-refractivity contribution in [1.82, 2.24) is 5.32 Å². The van der Waals surface area contributed by atoms with Gasteiger partial charge >= 0.3 is 0 Å². The van der Waals surface area contributed by atoms with Gasteiger partial charge < -0.3 is 10.1 Å². The highest BCUT2D eigenvalue weighted by Crippen LogP contribution is 2.30. The van der Waals surface area contributed by atoms with Gasteiger partial charge in [-0.15, -0.1) is 0 Å². The van der Waals surface area contributed by atoms with Crippen LogP contribution < -0.4 is 10.1 Å². The van der Waals surface area contributed by atoms with Gasteiger partial charge in [-0.25, -0.2) is 8.78 Å². The molecule has 0 atom stereocenters. The molecule has 0 saturated heterocycles. The Labute approximate surface area is 117 Å². The molecular weight excluding hydrogens is 260 g/mol. The number of hydrogen-bond acceptors (Lipinski definition) is 2. The molecule has 0 aliphatic heterocycles. The maximum absolute atomic E-state index is 14.0. The molecular formula is C16H17F2NO. The van der Waals surface area contributed by atoms with Crippen LogP contribution in [0.2, 0.25) is 0 Å². The van der Waals surface area contributed by atoms with Crippen LogP contribution in [-0.2, 0) is 6.54 Å². The molecule has 0 aromatic heterocycles. The third-order valence-electron chi connectivity index (χ3n) is 3.05. The molecule has 0 amide bonds. The third-order valence-corrected chi connectivity index (χ3v) is 3.05. The summed E-state index contributed by atoms with van der Waals surface area (Å²) >= 11 is 0. The Morgan fingerprint density at radius 2 is 1.80 bits per heavy atom. The van der Waals surface area contributed by atoms with Crippen LogP contribution in [0.4, 0.5) is 8.78 Å². The SMILES string of the molecule is CCNCc1cccc(-c2c(F)cc(OC)cc2F)c1. The summed E-state index contributed by atoms with van der Waals surface area (Å²) in [6.45, 7) is 3.52. The van der Waals surface area contributed by atoms with E-state index in [4.69, 9.17) is 4.74 Å². The first-order valence-electron chi connectivity index (χ1n) is 6.48. The zero-order valence-electron chi connectivity index (χ0n) is 11.5. The molecule has 4 heteroatoms. The molecule has 0 aliphatic carbocycles. The molecule has 0 heterocycles. The van der Waals surface area contributed by atoms with Crippen LogP contribution in [-0.4, -0.2) is 13.7 Å². The number of benzene rings is 2. The fraction of sp³-hybridized carbons (Fsp3) is 0.250. The molecule has 0 aliphatic rings. The van der Waals surface area contributed by atoms with E-state index in [9.17, 15) is 8.78 Å². The van der Waals surface area contributed by atoms with E-state index in [0.29, 0.717) is 12.1 Å². The first-order valence-corrected chi connectivity index (χ1v) is 6.48. The quantitative estimate of drug-likeness (QED) is 0.898. The molecule has 106 valence electrons. The fourth-order valence-corrected chi connectivity index (χ4v) is 2.05. The predicted molar refractivity (Wildman–Crippen MR) is 75.7 cm³/mol. The summed E-state index contributed by atoms with van der Waals surface area (Å²) in [7, 11) is 1.38. The van der Waals surface area contributed by atoms with E-state index in [1.807, 2.05) is 13.0 Å². The highest BCUT2D eigenvalue weighted by molar-refractivity contribution is 5.66. The topological polar surface area (TPSA) is 21.3 Å². The van der Waals surface area contributed by atoms with Crippen molar-refractivity contribution in [2.24, 2.45) is 0 Å². The number of rotatable bonds is 5.